The average molecular weight is 193 g/mol. The van der Waals surface area contributed by atoms with Gasteiger partial charge in [-0.3, -0.25) is 4.31 Å². The Morgan fingerprint density at radius 2 is 1.82 bits per heavy atom. The average Bonchev–Trinajstić information content (AvgIpc) is 2.05. The first-order chi connectivity index (χ1) is 5.24. The van der Waals surface area contributed by atoms with Gasteiger partial charge in [-0.1, -0.05) is 0 Å². The molecule has 68 valence electrons. The van der Waals surface area contributed by atoms with E-state index in [2.05, 4.69) is 23.1 Å². The van der Waals surface area contributed by atoms with Crippen LogP contribution in [0.3, 0.4) is 0 Å². The van der Waals surface area contributed by atoms with Gasteiger partial charge in [-0.15, -0.1) is 0 Å². The summed E-state index contributed by atoms with van der Waals surface area (Å²) >= 11 is 2.22. The quantitative estimate of drug-likeness (QED) is 0.668. The van der Waals surface area contributed by atoms with Crippen LogP contribution in [0.15, 0.2) is 0 Å². The van der Waals surface area contributed by atoms with Crippen molar-refractivity contribution in [3.05, 3.63) is 0 Å². The fourth-order valence-electron chi connectivity index (χ4n) is 1.48. The molecule has 0 unspecified atom stereocenters. The molecule has 0 atom stereocenters. The minimum atomic E-state index is 0.181. The van der Waals surface area contributed by atoms with E-state index in [4.69, 9.17) is 0 Å². The lowest BCUT2D eigenvalue weighted by molar-refractivity contribution is 0.385. The van der Waals surface area contributed by atoms with Gasteiger partial charge in [-0.25, -0.2) is 11.1 Å². The van der Waals surface area contributed by atoms with E-state index in [9.17, 15) is 0 Å². The highest BCUT2D eigenvalue weighted by atomic mass is 32.2. The fourth-order valence-corrected chi connectivity index (χ4v) is 3.19. The summed E-state index contributed by atoms with van der Waals surface area (Å²) in [7, 11) is 0. The maximum absolute atomic E-state index is 2.64. The van der Waals surface area contributed by atoms with Gasteiger partial charge in [0.25, 0.3) is 0 Å². The molecule has 3 heteroatoms. The summed E-state index contributed by atoms with van der Waals surface area (Å²) in [6.07, 6.45) is 9.76. The van der Waals surface area contributed by atoms with E-state index >= 15 is 0 Å². The van der Waals surface area contributed by atoms with Crippen LogP contribution in [0.4, 0.5) is 0 Å². The highest BCUT2D eigenvalue weighted by Gasteiger charge is 2.18. The zero-order chi connectivity index (χ0) is 8.27. The van der Waals surface area contributed by atoms with Crippen LogP contribution in [0.25, 0.3) is 0 Å². The predicted molar refractivity (Wildman–Crippen MR) is 58.9 cm³/mol. The smallest absolute Gasteiger partial charge is 0.00820 e. The Kier molecular flexibility index (Phi) is 4.10. The van der Waals surface area contributed by atoms with Crippen LogP contribution in [0, 0.1) is 0 Å². The minimum Gasteiger partial charge on any atom is -0.270 e. The number of thiol groups is 1. The molecular formula is C8H19NS2. The summed E-state index contributed by atoms with van der Waals surface area (Å²) in [4.78, 5) is 0. The van der Waals surface area contributed by atoms with Crippen LogP contribution in [0.5, 0.6) is 0 Å². The lowest BCUT2D eigenvalue weighted by Gasteiger charge is -2.35. The van der Waals surface area contributed by atoms with Crippen molar-refractivity contribution in [1.29, 1.82) is 0 Å². The van der Waals surface area contributed by atoms with Gasteiger partial charge in [0.15, 0.2) is 0 Å². The zero-order valence-electron chi connectivity index (χ0n) is 7.71. The molecule has 0 amide bonds. The molecule has 11 heavy (non-hydrogen) atoms. The van der Waals surface area contributed by atoms with Crippen molar-refractivity contribution < 1.29 is 0 Å². The normalized spacial score (nSPS) is 23.7. The van der Waals surface area contributed by atoms with Crippen molar-refractivity contribution in [2.75, 3.05) is 31.9 Å². The molecule has 0 aromatic rings. The number of piperidine rings is 1. The van der Waals surface area contributed by atoms with Crippen molar-refractivity contribution in [3.63, 3.8) is 0 Å². The van der Waals surface area contributed by atoms with E-state index in [1.807, 2.05) is 11.8 Å². The van der Waals surface area contributed by atoms with Gasteiger partial charge in [-0.2, -0.15) is 11.8 Å². The second-order valence-electron chi connectivity index (χ2n) is 3.24. The van der Waals surface area contributed by atoms with Crippen LogP contribution in [0.2, 0.25) is 0 Å². The third-order valence-electron chi connectivity index (χ3n) is 2.32. The Hall–Kier alpha value is 0.660. The summed E-state index contributed by atoms with van der Waals surface area (Å²) in [5.41, 5.74) is 0. The summed E-state index contributed by atoms with van der Waals surface area (Å²) < 4.78 is 2.64. The molecule has 1 rings (SSSR count). The van der Waals surface area contributed by atoms with Crippen molar-refractivity contribution in [3.8, 4) is 0 Å². The third kappa shape index (κ3) is 2.88. The van der Waals surface area contributed by atoms with E-state index in [1.54, 1.807) is 0 Å². The number of hydrogen-bond donors (Lipinski definition) is 1. The van der Waals surface area contributed by atoms with E-state index in [-0.39, 0.29) is 11.1 Å². The fraction of sp³-hybridized carbons (Fsp3) is 1.00. The van der Waals surface area contributed by atoms with Crippen molar-refractivity contribution >= 4 is 22.8 Å². The first-order valence-electron chi connectivity index (χ1n) is 4.19. The number of nitrogens with zero attached hydrogens (tertiary/aromatic N) is 1. The molecule has 0 radical (unpaired) electrons. The Morgan fingerprint density at radius 1 is 1.27 bits per heavy atom. The molecule has 0 bridgehead atoms. The van der Waals surface area contributed by atoms with E-state index < -0.39 is 0 Å². The molecule has 0 aromatic carbocycles. The van der Waals surface area contributed by atoms with E-state index in [0.717, 1.165) is 5.25 Å². The zero-order valence-corrected chi connectivity index (χ0v) is 9.42. The maximum atomic E-state index is 2.64. The molecule has 1 saturated heterocycles. The Morgan fingerprint density at radius 3 is 2.18 bits per heavy atom. The predicted octanol–water partition coefficient (Wildman–Crippen LogP) is 1.99. The number of thioether (sulfide) groups is 1. The molecule has 1 heterocycles. The molecule has 1 nitrogen and oxygen atoms in total. The second-order valence-corrected chi connectivity index (χ2v) is 6.63. The summed E-state index contributed by atoms with van der Waals surface area (Å²) in [5.74, 6) is 0. The Labute approximate surface area is 77.4 Å². The molecule has 0 spiro atoms. The molecule has 0 saturated carbocycles. The molecule has 1 fully saturated rings. The summed E-state index contributed by atoms with van der Waals surface area (Å²) in [5, 5.41) is 0.946. The van der Waals surface area contributed by atoms with Gasteiger partial charge in [0.05, 0.1) is 0 Å². The lowest BCUT2D eigenvalue weighted by Crippen LogP contribution is -2.31. The van der Waals surface area contributed by atoms with Crippen molar-refractivity contribution in [2.24, 2.45) is 0 Å². The van der Waals surface area contributed by atoms with Crippen LogP contribution in [-0.2, 0) is 0 Å². The second kappa shape index (κ2) is 4.63. The van der Waals surface area contributed by atoms with Crippen LogP contribution in [0.1, 0.15) is 12.8 Å². The first kappa shape index (κ1) is 9.75. The first-order valence-corrected chi connectivity index (χ1v) is 7.66. The summed E-state index contributed by atoms with van der Waals surface area (Å²) in [6.45, 7) is 2.68. The summed E-state index contributed by atoms with van der Waals surface area (Å²) in [6, 6.07) is 0. The van der Waals surface area contributed by atoms with Crippen molar-refractivity contribution in [2.45, 2.75) is 18.1 Å². The Bertz CT molecular complexity index is 109. The molecule has 0 N–H and O–H groups in total. The topological polar surface area (TPSA) is 3.24 Å². The Balaban J connectivity index is 2.24. The maximum Gasteiger partial charge on any atom is 0.00820 e. The number of rotatable bonds is 2. The highest BCUT2D eigenvalue weighted by Crippen LogP contribution is 2.29. The third-order valence-corrected chi connectivity index (χ3v) is 4.99. The molecule has 0 aromatic heterocycles. The standard InChI is InChI=1S/C8H19NS2/c1-10-8-4-6-9(7-5-8)11(2)3/h8,11H,4-7H2,1-3H3. The SMILES string of the molecule is CSC1CCN([SH](C)C)CC1. The minimum absolute atomic E-state index is 0.181. The molecule has 1 aliphatic rings. The molecule has 0 aliphatic carbocycles. The number of hydrogen-bond acceptors (Lipinski definition) is 2. The van der Waals surface area contributed by atoms with Gasteiger partial charge in [0.2, 0.25) is 0 Å². The highest BCUT2D eigenvalue weighted by molar-refractivity contribution is 8.13. The molecule has 1 aliphatic heterocycles. The van der Waals surface area contributed by atoms with Gasteiger partial charge in [0.1, 0.15) is 0 Å². The van der Waals surface area contributed by atoms with Crippen LogP contribution in [-0.4, -0.2) is 41.4 Å². The van der Waals surface area contributed by atoms with Gasteiger partial charge in [-0.05, 0) is 31.6 Å². The van der Waals surface area contributed by atoms with Gasteiger partial charge in [0, 0.05) is 18.3 Å². The van der Waals surface area contributed by atoms with Gasteiger partial charge < -0.3 is 0 Å². The monoisotopic (exact) mass is 193 g/mol. The van der Waals surface area contributed by atoms with E-state index in [0.29, 0.717) is 0 Å². The lowest BCUT2D eigenvalue weighted by atomic mass is 10.2. The molecular weight excluding hydrogens is 174 g/mol. The van der Waals surface area contributed by atoms with Crippen LogP contribution < -0.4 is 0 Å². The largest absolute Gasteiger partial charge is 0.270 e. The van der Waals surface area contributed by atoms with Gasteiger partial charge >= 0.3 is 0 Å². The van der Waals surface area contributed by atoms with E-state index in [1.165, 1.54) is 25.9 Å². The van der Waals surface area contributed by atoms with Crippen molar-refractivity contribution in [1.82, 2.24) is 4.31 Å². The van der Waals surface area contributed by atoms with Crippen LogP contribution >= 0.6 is 22.8 Å².